The second-order valence-corrected chi connectivity index (χ2v) is 4.60. The molecule has 2 rings (SSSR count). The van der Waals surface area contributed by atoms with Gasteiger partial charge in [-0.05, 0) is 32.0 Å². The molecule has 1 aromatic carbocycles. The standard InChI is InChI=1S/C14H22N2O2/c1-17-11-5-6-12(14(9-11)18-2)13(10-15)16-7-3-4-8-16/h5-6,9,13H,3-4,7-8,10,15H2,1-2H3/t13-/m1/s1. The van der Waals surface area contributed by atoms with E-state index in [4.69, 9.17) is 15.2 Å². The number of hydrogen-bond acceptors (Lipinski definition) is 4. The van der Waals surface area contributed by atoms with Gasteiger partial charge in [0.2, 0.25) is 0 Å². The monoisotopic (exact) mass is 250 g/mol. The van der Waals surface area contributed by atoms with Gasteiger partial charge in [-0.2, -0.15) is 0 Å². The van der Waals surface area contributed by atoms with Gasteiger partial charge in [-0.3, -0.25) is 4.90 Å². The number of hydrogen-bond donors (Lipinski definition) is 1. The van der Waals surface area contributed by atoms with Crippen molar-refractivity contribution < 1.29 is 9.47 Å². The summed E-state index contributed by atoms with van der Waals surface area (Å²) in [7, 11) is 3.35. The number of methoxy groups -OCH3 is 2. The summed E-state index contributed by atoms with van der Waals surface area (Å²) in [6.45, 7) is 2.86. The maximum atomic E-state index is 5.95. The van der Waals surface area contributed by atoms with Crippen LogP contribution in [0, 0.1) is 0 Å². The molecule has 18 heavy (non-hydrogen) atoms. The van der Waals surface area contributed by atoms with E-state index in [1.165, 1.54) is 12.8 Å². The fourth-order valence-corrected chi connectivity index (χ4v) is 2.62. The van der Waals surface area contributed by atoms with E-state index in [1.807, 2.05) is 12.1 Å². The average molecular weight is 250 g/mol. The van der Waals surface area contributed by atoms with E-state index in [2.05, 4.69) is 11.0 Å². The van der Waals surface area contributed by atoms with Crippen LogP contribution < -0.4 is 15.2 Å². The summed E-state index contributed by atoms with van der Waals surface area (Å²) in [6, 6.07) is 6.20. The van der Waals surface area contributed by atoms with Crippen LogP contribution in [0.4, 0.5) is 0 Å². The second kappa shape index (κ2) is 6.07. The largest absolute Gasteiger partial charge is 0.497 e. The smallest absolute Gasteiger partial charge is 0.127 e. The summed E-state index contributed by atoms with van der Waals surface area (Å²) in [4.78, 5) is 2.43. The van der Waals surface area contributed by atoms with Crippen molar-refractivity contribution in [2.24, 2.45) is 5.73 Å². The van der Waals surface area contributed by atoms with Gasteiger partial charge in [-0.25, -0.2) is 0 Å². The third-order valence-corrected chi connectivity index (χ3v) is 3.60. The van der Waals surface area contributed by atoms with Gasteiger partial charge in [0.1, 0.15) is 11.5 Å². The summed E-state index contributed by atoms with van der Waals surface area (Å²) in [5, 5.41) is 0. The molecule has 1 atom stereocenters. The van der Waals surface area contributed by atoms with Crippen molar-refractivity contribution in [3.63, 3.8) is 0 Å². The summed E-state index contributed by atoms with van der Waals surface area (Å²) >= 11 is 0. The molecule has 0 bridgehead atoms. The van der Waals surface area contributed by atoms with Crippen LogP contribution in [0.25, 0.3) is 0 Å². The van der Waals surface area contributed by atoms with Crippen LogP contribution in [0.3, 0.4) is 0 Å². The Labute approximate surface area is 109 Å². The molecule has 0 aromatic heterocycles. The fraction of sp³-hybridized carbons (Fsp3) is 0.571. The lowest BCUT2D eigenvalue weighted by Gasteiger charge is -2.28. The van der Waals surface area contributed by atoms with Crippen molar-refractivity contribution in [3.8, 4) is 11.5 Å². The Morgan fingerprint density at radius 1 is 1.22 bits per heavy atom. The predicted molar refractivity (Wildman–Crippen MR) is 72.1 cm³/mol. The van der Waals surface area contributed by atoms with Gasteiger partial charge in [-0.1, -0.05) is 6.07 Å². The highest BCUT2D eigenvalue weighted by molar-refractivity contribution is 5.42. The molecule has 0 amide bonds. The van der Waals surface area contributed by atoms with Gasteiger partial charge >= 0.3 is 0 Å². The molecule has 0 aliphatic carbocycles. The highest BCUT2D eigenvalue weighted by atomic mass is 16.5. The quantitative estimate of drug-likeness (QED) is 0.865. The highest BCUT2D eigenvalue weighted by Crippen LogP contribution is 2.33. The third-order valence-electron chi connectivity index (χ3n) is 3.60. The van der Waals surface area contributed by atoms with E-state index < -0.39 is 0 Å². The third kappa shape index (κ3) is 2.60. The number of likely N-dealkylation sites (tertiary alicyclic amines) is 1. The molecule has 1 aliphatic rings. The molecule has 4 nitrogen and oxygen atoms in total. The Kier molecular flexibility index (Phi) is 4.44. The topological polar surface area (TPSA) is 47.7 Å². The number of nitrogens with two attached hydrogens (primary N) is 1. The molecule has 0 spiro atoms. The first kappa shape index (κ1) is 13.2. The first-order chi connectivity index (χ1) is 8.80. The predicted octanol–water partition coefficient (Wildman–Crippen LogP) is 1.80. The van der Waals surface area contributed by atoms with Gasteiger partial charge < -0.3 is 15.2 Å². The van der Waals surface area contributed by atoms with Crippen LogP contribution in [0.1, 0.15) is 24.4 Å². The number of benzene rings is 1. The first-order valence-electron chi connectivity index (χ1n) is 6.46. The van der Waals surface area contributed by atoms with Crippen LogP contribution in [-0.2, 0) is 0 Å². The molecule has 1 fully saturated rings. The molecule has 2 N–H and O–H groups in total. The van der Waals surface area contributed by atoms with Crippen LogP contribution >= 0.6 is 0 Å². The summed E-state index contributed by atoms with van der Waals surface area (Å²) < 4.78 is 10.7. The fourth-order valence-electron chi connectivity index (χ4n) is 2.62. The molecule has 0 radical (unpaired) electrons. The Balaban J connectivity index is 2.28. The Bertz CT molecular complexity index is 389. The molecule has 1 aromatic rings. The zero-order valence-electron chi connectivity index (χ0n) is 11.2. The van der Waals surface area contributed by atoms with Crippen LogP contribution in [0.15, 0.2) is 18.2 Å². The van der Waals surface area contributed by atoms with Crippen LogP contribution in [0.5, 0.6) is 11.5 Å². The van der Waals surface area contributed by atoms with Crippen molar-refractivity contribution in [2.75, 3.05) is 33.9 Å². The molecule has 4 heteroatoms. The van der Waals surface area contributed by atoms with Crippen molar-refractivity contribution in [1.29, 1.82) is 0 Å². The van der Waals surface area contributed by atoms with E-state index in [1.54, 1.807) is 14.2 Å². The van der Waals surface area contributed by atoms with Gasteiger partial charge in [-0.15, -0.1) is 0 Å². The SMILES string of the molecule is COc1ccc([C@@H](CN)N2CCCC2)c(OC)c1. The zero-order valence-corrected chi connectivity index (χ0v) is 11.2. The van der Waals surface area contributed by atoms with Gasteiger partial charge in [0, 0.05) is 18.2 Å². The maximum absolute atomic E-state index is 5.95. The van der Waals surface area contributed by atoms with Crippen LogP contribution in [0.2, 0.25) is 0 Å². The van der Waals surface area contributed by atoms with Crippen molar-refractivity contribution in [1.82, 2.24) is 4.90 Å². The van der Waals surface area contributed by atoms with Gasteiger partial charge in [0.25, 0.3) is 0 Å². The minimum Gasteiger partial charge on any atom is -0.497 e. The van der Waals surface area contributed by atoms with Gasteiger partial charge in [0.15, 0.2) is 0 Å². The summed E-state index contributed by atoms with van der Waals surface area (Å²) in [5.74, 6) is 1.67. The number of nitrogens with zero attached hydrogens (tertiary/aromatic N) is 1. The summed E-state index contributed by atoms with van der Waals surface area (Å²) in [5.41, 5.74) is 7.11. The Hall–Kier alpha value is -1.26. The number of rotatable bonds is 5. The Morgan fingerprint density at radius 3 is 2.50 bits per heavy atom. The molecule has 1 heterocycles. The Morgan fingerprint density at radius 2 is 1.94 bits per heavy atom. The maximum Gasteiger partial charge on any atom is 0.127 e. The lowest BCUT2D eigenvalue weighted by Crippen LogP contribution is -2.31. The minimum absolute atomic E-state index is 0.244. The normalized spacial score (nSPS) is 17.7. The van der Waals surface area contributed by atoms with Crippen molar-refractivity contribution >= 4 is 0 Å². The highest BCUT2D eigenvalue weighted by Gasteiger charge is 2.24. The molecule has 100 valence electrons. The summed E-state index contributed by atoms with van der Waals surface area (Å²) in [6.07, 6.45) is 2.52. The molecular formula is C14H22N2O2. The molecular weight excluding hydrogens is 228 g/mol. The van der Waals surface area contributed by atoms with Crippen molar-refractivity contribution in [2.45, 2.75) is 18.9 Å². The van der Waals surface area contributed by atoms with E-state index in [-0.39, 0.29) is 6.04 Å². The molecule has 0 saturated carbocycles. The lowest BCUT2D eigenvalue weighted by atomic mass is 10.0. The van der Waals surface area contributed by atoms with Crippen molar-refractivity contribution in [3.05, 3.63) is 23.8 Å². The first-order valence-corrected chi connectivity index (χ1v) is 6.46. The van der Waals surface area contributed by atoms with E-state index in [0.29, 0.717) is 6.54 Å². The van der Waals surface area contributed by atoms with Crippen LogP contribution in [-0.4, -0.2) is 38.8 Å². The van der Waals surface area contributed by atoms with E-state index in [0.717, 1.165) is 30.2 Å². The zero-order chi connectivity index (χ0) is 13.0. The van der Waals surface area contributed by atoms with E-state index >= 15 is 0 Å². The van der Waals surface area contributed by atoms with Gasteiger partial charge in [0.05, 0.1) is 20.3 Å². The average Bonchev–Trinajstić information content (AvgIpc) is 2.94. The molecule has 0 unspecified atom stereocenters. The number of ether oxygens (including phenoxy) is 2. The molecule has 1 aliphatic heterocycles. The second-order valence-electron chi connectivity index (χ2n) is 4.60. The molecule has 1 saturated heterocycles. The lowest BCUT2D eigenvalue weighted by molar-refractivity contribution is 0.245. The van der Waals surface area contributed by atoms with E-state index in [9.17, 15) is 0 Å². The minimum atomic E-state index is 0.244.